The van der Waals surface area contributed by atoms with E-state index in [-0.39, 0.29) is 0 Å². The number of nitrogens with zero attached hydrogens (tertiary/aromatic N) is 2. The van der Waals surface area contributed by atoms with Crippen LogP contribution in [0.5, 0.6) is 0 Å². The summed E-state index contributed by atoms with van der Waals surface area (Å²) in [7, 11) is 0.561. The van der Waals surface area contributed by atoms with Crippen LogP contribution in [-0.4, -0.2) is 14.0 Å². The second-order valence-corrected chi connectivity index (χ2v) is 6.79. The molecule has 1 atom stereocenters. The van der Waals surface area contributed by atoms with Crippen LogP contribution in [-0.2, 0) is 23.6 Å². The Labute approximate surface area is 127 Å². The maximum atomic E-state index is 12.4. The Morgan fingerprint density at radius 3 is 2.79 bits per heavy atom. The van der Waals surface area contributed by atoms with Gasteiger partial charge in [-0.3, -0.25) is 8.89 Å². The van der Waals surface area contributed by atoms with Gasteiger partial charge >= 0.3 is 0 Å². The zero-order valence-electron chi connectivity index (χ0n) is 10.5. The number of rotatable bonds is 3. The molecule has 0 bridgehead atoms. The number of nitrogens with two attached hydrogens (primary N) is 1. The molecule has 0 aliphatic rings. The van der Waals surface area contributed by atoms with Gasteiger partial charge in [-0.05, 0) is 41.1 Å². The highest BCUT2D eigenvalue weighted by molar-refractivity contribution is 9.10. The molecule has 7 heteroatoms. The van der Waals surface area contributed by atoms with Crippen molar-refractivity contribution in [2.75, 3.05) is 5.73 Å². The van der Waals surface area contributed by atoms with Gasteiger partial charge in [0, 0.05) is 17.8 Å². The number of nitrogen functional groups attached to an aromatic ring is 1. The topological polar surface area (TPSA) is 60.9 Å². The molecule has 0 amide bonds. The van der Waals surface area contributed by atoms with Gasteiger partial charge in [-0.25, -0.2) is 0 Å². The van der Waals surface area contributed by atoms with Gasteiger partial charge in [0.1, 0.15) is 0 Å². The summed E-state index contributed by atoms with van der Waals surface area (Å²) < 4.78 is 15.0. The fraction of sp³-hybridized carbons (Fsp3) is 0.250. The summed E-state index contributed by atoms with van der Waals surface area (Å²) in [4.78, 5) is 0.554. The molecule has 1 heterocycles. The Balaban J connectivity index is 2.33. The molecule has 2 aromatic rings. The number of aryl methyl sites for hydroxylation is 2. The Hall–Kier alpha value is -0.850. The molecule has 4 nitrogen and oxygen atoms in total. The highest BCUT2D eigenvalue weighted by Gasteiger charge is 2.16. The molecule has 1 aromatic carbocycles. The molecule has 2 N–H and O–H groups in total. The first kappa shape index (κ1) is 14.6. The molecule has 2 rings (SSSR count). The van der Waals surface area contributed by atoms with Crippen LogP contribution in [0.4, 0.5) is 5.69 Å². The molecule has 0 radical (unpaired) electrons. The van der Waals surface area contributed by atoms with Gasteiger partial charge in [0.05, 0.1) is 37.3 Å². The fourth-order valence-electron chi connectivity index (χ4n) is 1.74. The Kier molecular flexibility index (Phi) is 4.32. The lowest BCUT2D eigenvalue weighted by Crippen LogP contribution is -2.05. The van der Waals surface area contributed by atoms with E-state index in [0.29, 0.717) is 21.4 Å². The van der Waals surface area contributed by atoms with Crippen LogP contribution in [0.15, 0.2) is 27.6 Å². The van der Waals surface area contributed by atoms with Crippen molar-refractivity contribution in [1.29, 1.82) is 0 Å². The maximum Gasteiger partial charge on any atom is 0.0738 e. The molecule has 1 unspecified atom stereocenters. The standard InChI is InChI=1S/C12H13BrClN3OS/c1-7-12(13)10(17(2)16-7)6-19(18)11-5-8(14)3-4-9(11)15/h3-5H,6,15H2,1-2H3. The number of hydrogen-bond acceptors (Lipinski definition) is 3. The minimum Gasteiger partial charge on any atom is -0.398 e. The number of hydrogen-bond donors (Lipinski definition) is 1. The van der Waals surface area contributed by atoms with Gasteiger partial charge in [-0.2, -0.15) is 5.10 Å². The zero-order chi connectivity index (χ0) is 14.2. The Bertz CT molecular complexity index is 657. The third kappa shape index (κ3) is 3.01. The van der Waals surface area contributed by atoms with Crippen LogP contribution < -0.4 is 5.73 Å². The molecular formula is C12H13BrClN3OS. The fourth-order valence-corrected chi connectivity index (χ4v) is 3.97. The lowest BCUT2D eigenvalue weighted by atomic mass is 10.3. The first-order valence-corrected chi connectivity index (χ1v) is 8.00. The summed E-state index contributed by atoms with van der Waals surface area (Å²) in [6, 6.07) is 4.99. The predicted molar refractivity (Wildman–Crippen MR) is 81.6 cm³/mol. The largest absolute Gasteiger partial charge is 0.398 e. The van der Waals surface area contributed by atoms with Crippen LogP contribution in [0, 0.1) is 6.92 Å². The van der Waals surface area contributed by atoms with Crippen molar-refractivity contribution in [3.05, 3.63) is 39.1 Å². The smallest absolute Gasteiger partial charge is 0.0738 e. The second-order valence-electron chi connectivity index (χ2n) is 4.14. The average molecular weight is 363 g/mol. The molecule has 0 saturated heterocycles. The number of anilines is 1. The third-order valence-corrected chi connectivity index (χ3v) is 5.40. The summed E-state index contributed by atoms with van der Waals surface area (Å²) in [5, 5.41) is 4.80. The summed E-state index contributed by atoms with van der Waals surface area (Å²) in [6.45, 7) is 1.89. The van der Waals surface area contributed by atoms with Gasteiger partial charge < -0.3 is 5.73 Å². The summed E-state index contributed by atoms with van der Waals surface area (Å²) in [5.74, 6) is 0.336. The monoisotopic (exact) mass is 361 g/mol. The Morgan fingerprint density at radius 2 is 2.21 bits per heavy atom. The van der Waals surface area contributed by atoms with Crippen LogP contribution in [0.25, 0.3) is 0 Å². The predicted octanol–water partition coefficient (Wildman–Crippen LogP) is 3.03. The van der Waals surface area contributed by atoms with Crippen molar-refractivity contribution in [2.45, 2.75) is 17.6 Å². The SMILES string of the molecule is Cc1nn(C)c(CS(=O)c2cc(Cl)ccc2N)c1Br. The minimum atomic E-state index is -1.26. The molecule has 102 valence electrons. The van der Waals surface area contributed by atoms with E-state index in [0.717, 1.165) is 15.9 Å². The maximum absolute atomic E-state index is 12.4. The molecular weight excluding hydrogens is 350 g/mol. The van der Waals surface area contributed by atoms with Crippen LogP contribution in [0.1, 0.15) is 11.4 Å². The normalized spacial score (nSPS) is 12.6. The van der Waals surface area contributed by atoms with E-state index in [1.54, 1.807) is 22.9 Å². The number of halogens is 2. The average Bonchev–Trinajstić information content (AvgIpc) is 2.59. The van der Waals surface area contributed by atoms with Crippen LogP contribution in [0.2, 0.25) is 5.02 Å². The molecule has 1 aromatic heterocycles. The molecule has 0 aliphatic heterocycles. The van der Waals surface area contributed by atoms with Crippen LogP contribution in [0.3, 0.4) is 0 Å². The highest BCUT2D eigenvalue weighted by Crippen LogP contribution is 2.26. The van der Waals surface area contributed by atoms with Crippen molar-refractivity contribution >= 4 is 44.0 Å². The van der Waals surface area contributed by atoms with Crippen molar-refractivity contribution < 1.29 is 4.21 Å². The van der Waals surface area contributed by atoms with Gasteiger partial charge in [-0.15, -0.1) is 0 Å². The van der Waals surface area contributed by atoms with E-state index in [2.05, 4.69) is 21.0 Å². The molecule has 19 heavy (non-hydrogen) atoms. The third-order valence-electron chi connectivity index (χ3n) is 2.75. The van der Waals surface area contributed by atoms with Crippen molar-refractivity contribution in [3.8, 4) is 0 Å². The molecule has 0 spiro atoms. The first-order valence-electron chi connectivity index (χ1n) is 5.51. The highest BCUT2D eigenvalue weighted by atomic mass is 79.9. The molecule has 0 saturated carbocycles. The van der Waals surface area contributed by atoms with Crippen molar-refractivity contribution in [3.63, 3.8) is 0 Å². The van der Waals surface area contributed by atoms with E-state index in [1.807, 2.05) is 14.0 Å². The lowest BCUT2D eigenvalue weighted by Gasteiger charge is -2.07. The summed E-state index contributed by atoms with van der Waals surface area (Å²) in [6.07, 6.45) is 0. The van der Waals surface area contributed by atoms with E-state index in [4.69, 9.17) is 17.3 Å². The first-order chi connectivity index (χ1) is 8.90. The minimum absolute atomic E-state index is 0.336. The number of aromatic nitrogens is 2. The van der Waals surface area contributed by atoms with E-state index in [9.17, 15) is 4.21 Å². The van der Waals surface area contributed by atoms with Gasteiger partial charge in [-0.1, -0.05) is 11.6 Å². The van der Waals surface area contributed by atoms with Gasteiger partial charge in [0.25, 0.3) is 0 Å². The summed E-state index contributed by atoms with van der Waals surface area (Å²) in [5.41, 5.74) is 8.06. The molecule has 0 fully saturated rings. The van der Waals surface area contributed by atoms with Crippen LogP contribution >= 0.6 is 27.5 Å². The second kappa shape index (κ2) is 5.64. The van der Waals surface area contributed by atoms with E-state index >= 15 is 0 Å². The lowest BCUT2D eigenvalue weighted by molar-refractivity contribution is 0.676. The van der Waals surface area contributed by atoms with E-state index in [1.165, 1.54) is 0 Å². The number of benzene rings is 1. The summed E-state index contributed by atoms with van der Waals surface area (Å²) >= 11 is 9.37. The zero-order valence-corrected chi connectivity index (χ0v) is 13.6. The molecule has 0 aliphatic carbocycles. The Morgan fingerprint density at radius 1 is 1.53 bits per heavy atom. The van der Waals surface area contributed by atoms with Gasteiger partial charge in [0.15, 0.2) is 0 Å². The van der Waals surface area contributed by atoms with Crippen molar-refractivity contribution in [1.82, 2.24) is 9.78 Å². The quantitative estimate of drug-likeness (QED) is 0.854. The van der Waals surface area contributed by atoms with Crippen molar-refractivity contribution in [2.24, 2.45) is 7.05 Å². The van der Waals surface area contributed by atoms with Gasteiger partial charge in [0.2, 0.25) is 0 Å². The van der Waals surface area contributed by atoms with E-state index < -0.39 is 10.8 Å².